The van der Waals surface area contributed by atoms with Gasteiger partial charge in [-0.2, -0.15) is 13.2 Å². The Morgan fingerprint density at radius 2 is 1.65 bits per heavy atom. The van der Waals surface area contributed by atoms with Crippen LogP contribution in [0.15, 0.2) is 30.3 Å². The minimum absolute atomic E-state index is 0.00870. The van der Waals surface area contributed by atoms with E-state index in [2.05, 4.69) is 0 Å². The summed E-state index contributed by atoms with van der Waals surface area (Å²) in [6.45, 7) is 0. The SMILES string of the molecule is Nc1c(Cl)cc(F)cc1-c1ccc(C(F)(F)F)c(F)c1. The van der Waals surface area contributed by atoms with Crippen LogP contribution in [-0.2, 0) is 6.18 Å². The zero-order valence-corrected chi connectivity index (χ0v) is 10.5. The molecule has 0 aliphatic rings. The predicted octanol–water partition coefficient (Wildman–Crippen LogP) is 4.89. The van der Waals surface area contributed by atoms with Crippen LogP contribution in [0.3, 0.4) is 0 Å². The molecule has 0 spiro atoms. The van der Waals surface area contributed by atoms with Crippen LogP contribution in [0.1, 0.15) is 5.56 Å². The van der Waals surface area contributed by atoms with Gasteiger partial charge in [0, 0.05) is 5.56 Å². The summed E-state index contributed by atoms with van der Waals surface area (Å²) in [6.07, 6.45) is -4.80. The van der Waals surface area contributed by atoms with E-state index in [0.717, 1.165) is 18.2 Å². The lowest BCUT2D eigenvalue weighted by Gasteiger charge is -2.11. The van der Waals surface area contributed by atoms with Gasteiger partial charge in [-0.1, -0.05) is 17.7 Å². The van der Waals surface area contributed by atoms with E-state index in [-0.39, 0.29) is 21.8 Å². The molecular weight excluding hydrogens is 301 g/mol. The molecule has 0 atom stereocenters. The molecule has 2 rings (SSSR count). The van der Waals surface area contributed by atoms with E-state index in [0.29, 0.717) is 12.1 Å². The van der Waals surface area contributed by atoms with Crippen LogP contribution in [0, 0.1) is 11.6 Å². The average molecular weight is 308 g/mol. The van der Waals surface area contributed by atoms with Gasteiger partial charge in [0.25, 0.3) is 0 Å². The monoisotopic (exact) mass is 307 g/mol. The Morgan fingerprint density at radius 1 is 1.00 bits per heavy atom. The standard InChI is InChI=1S/C13H7ClF5N/c14-10-5-7(15)4-8(12(10)20)6-1-2-9(11(16)3-6)13(17,18)19/h1-5H,20H2. The Balaban J connectivity index is 2.58. The molecule has 2 aromatic carbocycles. The first-order chi connectivity index (χ1) is 9.20. The first kappa shape index (κ1) is 14.6. The van der Waals surface area contributed by atoms with E-state index in [1.54, 1.807) is 0 Å². The van der Waals surface area contributed by atoms with Crippen molar-refractivity contribution in [1.29, 1.82) is 0 Å². The quantitative estimate of drug-likeness (QED) is 0.589. The fourth-order valence-corrected chi connectivity index (χ4v) is 1.94. The van der Waals surface area contributed by atoms with Gasteiger partial charge in [-0.15, -0.1) is 0 Å². The van der Waals surface area contributed by atoms with Crippen LogP contribution in [0.2, 0.25) is 5.02 Å². The molecule has 2 N–H and O–H groups in total. The second kappa shape index (κ2) is 4.94. The van der Waals surface area contributed by atoms with Crippen LogP contribution in [0.5, 0.6) is 0 Å². The Labute approximate surface area is 115 Å². The summed E-state index contributed by atoms with van der Waals surface area (Å²) >= 11 is 5.67. The molecule has 20 heavy (non-hydrogen) atoms. The van der Waals surface area contributed by atoms with Crippen molar-refractivity contribution >= 4 is 17.3 Å². The molecule has 0 aromatic heterocycles. The Morgan fingerprint density at radius 3 is 2.20 bits per heavy atom. The minimum Gasteiger partial charge on any atom is -0.397 e. The molecule has 106 valence electrons. The number of hydrogen-bond acceptors (Lipinski definition) is 1. The van der Waals surface area contributed by atoms with Gasteiger partial charge in [-0.05, 0) is 29.8 Å². The molecule has 7 heteroatoms. The molecule has 0 amide bonds. The summed E-state index contributed by atoms with van der Waals surface area (Å²) in [7, 11) is 0. The molecule has 2 aromatic rings. The maximum absolute atomic E-state index is 13.5. The Hall–Kier alpha value is -1.82. The van der Waals surface area contributed by atoms with Crippen LogP contribution in [-0.4, -0.2) is 0 Å². The molecular formula is C13H7ClF5N. The van der Waals surface area contributed by atoms with Crippen molar-refractivity contribution in [2.45, 2.75) is 6.18 Å². The first-order valence-corrected chi connectivity index (χ1v) is 5.69. The number of halogens is 6. The van der Waals surface area contributed by atoms with Gasteiger partial charge in [0.2, 0.25) is 0 Å². The van der Waals surface area contributed by atoms with Gasteiger partial charge in [0.1, 0.15) is 11.6 Å². The maximum Gasteiger partial charge on any atom is 0.419 e. The predicted molar refractivity (Wildman–Crippen MR) is 66.2 cm³/mol. The highest BCUT2D eigenvalue weighted by atomic mass is 35.5. The average Bonchev–Trinajstić information content (AvgIpc) is 2.32. The topological polar surface area (TPSA) is 26.0 Å². The Bertz CT molecular complexity index is 667. The highest BCUT2D eigenvalue weighted by Crippen LogP contribution is 2.36. The number of benzene rings is 2. The second-order valence-electron chi connectivity index (χ2n) is 4.04. The third-order valence-corrected chi connectivity index (χ3v) is 2.99. The number of nitrogen functional groups attached to an aromatic ring is 1. The number of rotatable bonds is 1. The fraction of sp³-hybridized carbons (Fsp3) is 0.0769. The molecule has 0 aliphatic heterocycles. The smallest absolute Gasteiger partial charge is 0.397 e. The van der Waals surface area contributed by atoms with Crippen molar-refractivity contribution in [3.63, 3.8) is 0 Å². The van der Waals surface area contributed by atoms with Crippen LogP contribution in [0.25, 0.3) is 11.1 Å². The van der Waals surface area contributed by atoms with Crippen LogP contribution < -0.4 is 5.73 Å². The molecule has 0 heterocycles. The summed E-state index contributed by atoms with van der Waals surface area (Å²) in [5.74, 6) is -2.19. The van der Waals surface area contributed by atoms with E-state index >= 15 is 0 Å². The molecule has 0 radical (unpaired) electrons. The van der Waals surface area contributed by atoms with Crippen molar-refractivity contribution in [1.82, 2.24) is 0 Å². The lowest BCUT2D eigenvalue weighted by atomic mass is 10.0. The number of alkyl halides is 3. The summed E-state index contributed by atoms with van der Waals surface area (Å²) in [5, 5.41) is -0.0969. The second-order valence-corrected chi connectivity index (χ2v) is 4.45. The number of hydrogen-bond donors (Lipinski definition) is 1. The third-order valence-electron chi connectivity index (χ3n) is 2.68. The third kappa shape index (κ3) is 2.70. The molecule has 1 nitrogen and oxygen atoms in total. The van der Waals surface area contributed by atoms with Gasteiger partial charge in [-0.3, -0.25) is 0 Å². The zero-order valence-electron chi connectivity index (χ0n) is 9.73. The van der Waals surface area contributed by atoms with Crippen molar-refractivity contribution in [2.75, 3.05) is 5.73 Å². The van der Waals surface area contributed by atoms with Gasteiger partial charge in [0.15, 0.2) is 0 Å². The lowest BCUT2D eigenvalue weighted by Crippen LogP contribution is -2.08. The van der Waals surface area contributed by atoms with E-state index in [1.165, 1.54) is 0 Å². The van der Waals surface area contributed by atoms with Crippen molar-refractivity contribution in [2.24, 2.45) is 0 Å². The largest absolute Gasteiger partial charge is 0.419 e. The Kier molecular flexibility index (Phi) is 3.60. The zero-order chi connectivity index (χ0) is 15.1. The van der Waals surface area contributed by atoms with E-state index in [1.807, 2.05) is 0 Å². The fourth-order valence-electron chi connectivity index (χ4n) is 1.74. The maximum atomic E-state index is 13.5. The molecule has 0 saturated heterocycles. The highest BCUT2D eigenvalue weighted by molar-refractivity contribution is 6.33. The summed E-state index contributed by atoms with van der Waals surface area (Å²) < 4.78 is 64.1. The first-order valence-electron chi connectivity index (χ1n) is 5.32. The highest BCUT2D eigenvalue weighted by Gasteiger charge is 2.34. The van der Waals surface area contributed by atoms with E-state index in [4.69, 9.17) is 17.3 Å². The molecule has 0 aliphatic carbocycles. The number of anilines is 1. The van der Waals surface area contributed by atoms with Crippen molar-refractivity contribution in [3.05, 3.63) is 52.6 Å². The summed E-state index contributed by atoms with van der Waals surface area (Å²) in [5.41, 5.74) is 4.22. The normalized spacial score (nSPS) is 11.7. The number of nitrogens with two attached hydrogens (primary N) is 1. The van der Waals surface area contributed by atoms with Crippen LogP contribution in [0.4, 0.5) is 27.6 Å². The van der Waals surface area contributed by atoms with E-state index < -0.39 is 23.4 Å². The molecule has 0 bridgehead atoms. The van der Waals surface area contributed by atoms with Gasteiger partial charge < -0.3 is 5.73 Å². The molecule has 0 saturated carbocycles. The van der Waals surface area contributed by atoms with Crippen molar-refractivity contribution < 1.29 is 22.0 Å². The minimum atomic E-state index is -4.80. The summed E-state index contributed by atoms with van der Waals surface area (Å²) in [6, 6.07) is 4.16. The van der Waals surface area contributed by atoms with Gasteiger partial charge in [-0.25, -0.2) is 8.78 Å². The van der Waals surface area contributed by atoms with Gasteiger partial charge in [0.05, 0.1) is 16.3 Å². The lowest BCUT2D eigenvalue weighted by molar-refractivity contribution is -0.139. The van der Waals surface area contributed by atoms with Crippen LogP contribution >= 0.6 is 11.6 Å². The van der Waals surface area contributed by atoms with Gasteiger partial charge >= 0.3 is 6.18 Å². The molecule has 0 unspecified atom stereocenters. The molecule has 0 fully saturated rings. The summed E-state index contributed by atoms with van der Waals surface area (Å²) in [4.78, 5) is 0. The van der Waals surface area contributed by atoms with E-state index in [9.17, 15) is 22.0 Å². The van der Waals surface area contributed by atoms with Crippen molar-refractivity contribution in [3.8, 4) is 11.1 Å².